The van der Waals surface area contributed by atoms with Crippen LogP contribution in [0, 0.1) is 17.8 Å². The molecule has 1 aromatic heterocycles. The van der Waals surface area contributed by atoms with Gasteiger partial charge >= 0.3 is 0 Å². The number of hydrogen-bond donors (Lipinski definition) is 1. The molecule has 1 unspecified atom stereocenters. The highest BCUT2D eigenvalue weighted by Crippen LogP contribution is 2.19. The Morgan fingerprint density at radius 2 is 2.11 bits per heavy atom. The minimum Gasteiger partial charge on any atom is -0.338 e. The zero-order chi connectivity index (χ0) is 13.7. The molecule has 0 fully saturated rings. The summed E-state index contributed by atoms with van der Waals surface area (Å²) in [6, 6.07) is 3.92. The molecule has 18 heavy (non-hydrogen) atoms. The summed E-state index contributed by atoms with van der Waals surface area (Å²) in [7, 11) is 1.85. The number of carbonyl (C=O) groups is 1. The van der Waals surface area contributed by atoms with Crippen LogP contribution in [0.25, 0.3) is 0 Å². The Hall–Kier alpha value is -1.31. The van der Waals surface area contributed by atoms with Gasteiger partial charge in [-0.15, -0.1) is 11.3 Å². The van der Waals surface area contributed by atoms with E-state index in [0.29, 0.717) is 12.5 Å². The molecule has 1 rings (SSSR count). The van der Waals surface area contributed by atoms with E-state index in [1.807, 2.05) is 19.2 Å². The van der Waals surface area contributed by atoms with Crippen LogP contribution in [0.2, 0.25) is 0 Å². The Kier molecular flexibility index (Phi) is 5.39. The Morgan fingerprint density at radius 3 is 2.67 bits per heavy atom. The fourth-order valence-electron chi connectivity index (χ4n) is 1.46. The molecule has 0 saturated carbocycles. The van der Waals surface area contributed by atoms with Crippen LogP contribution >= 0.6 is 11.3 Å². The standard InChI is InChI=1S/C14H20N2OS/c1-10(2)11(3)16(4)14(17)13-8-7-12(18-13)6-5-9-15/h7-8,10-11H,9,15H2,1-4H3. The summed E-state index contributed by atoms with van der Waals surface area (Å²) in [5.41, 5.74) is 5.32. The Balaban J connectivity index is 2.81. The fourth-order valence-corrected chi connectivity index (χ4v) is 2.33. The van der Waals surface area contributed by atoms with E-state index in [-0.39, 0.29) is 11.9 Å². The summed E-state index contributed by atoms with van der Waals surface area (Å²) in [5, 5.41) is 0. The summed E-state index contributed by atoms with van der Waals surface area (Å²) in [6.07, 6.45) is 0. The second kappa shape index (κ2) is 6.58. The molecular formula is C14H20N2OS. The van der Waals surface area contributed by atoms with E-state index >= 15 is 0 Å². The fraction of sp³-hybridized carbons (Fsp3) is 0.500. The van der Waals surface area contributed by atoms with Crippen molar-refractivity contribution in [1.29, 1.82) is 0 Å². The second-order valence-corrected chi connectivity index (χ2v) is 5.65. The largest absolute Gasteiger partial charge is 0.338 e. The molecule has 3 nitrogen and oxygen atoms in total. The smallest absolute Gasteiger partial charge is 0.263 e. The van der Waals surface area contributed by atoms with Gasteiger partial charge < -0.3 is 10.6 Å². The highest BCUT2D eigenvalue weighted by Gasteiger charge is 2.20. The quantitative estimate of drug-likeness (QED) is 0.851. The molecule has 0 spiro atoms. The van der Waals surface area contributed by atoms with Crippen molar-refractivity contribution in [3.05, 3.63) is 21.9 Å². The van der Waals surface area contributed by atoms with Crippen molar-refractivity contribution < 1.29 is 4.79 Å². The number of nitrogens with two attached hydrogens (primary N) is 1. The molecule has 0 bridgehead atoms. The van der Waals surface area contributed by atoms with E-state index in [1.165, 1.54) is 11.3 Å². The van der Waals surface area contributed by atoms with Crippen LogP contribution in [0.1, 0.15) is 35.3 Å². The summed E-state index contributed by atoms with van der Waals surface area (Å²) >= 11 is 1.42. The van der Waals surface area contributed by atoms with Gasteiger partial charge in [0.25, 0.3) is 5.91 Å². The van der Waals surface area contributed by atoms with Crippen LogP contribution in [-0.4, -0.2) is 30.4 Å². The lowest BCUT2D eigenvalue weighted by molar-refractivity contribution is 0.0712. The van der Waals surface area contributed by atoms with Gasteiger partial charge in [0.15, 0.2) is 0 Å². The summed E-state index contributed by atoms with van der Waals surface area (Å²) < 4.78 is 0. The van der Waals surface area contributed by atoms with Crippen molar-refractivity contribution in [2.24, 2.45) is 11.7 Å². The van der Waals surface area contributed by atoms with Gasteiger partial charge in [-0.2, -0.15) is 0 Å². The van der Waals surface area contributed by atoms with Crippen molar-refractivity contribution in [3.8, 4) is 11.8 Å². The number of amides is 1. The second-order valence-electron chi connectivity index (χ2n) is 4.57. The van der Waals surface area contributed by atoms with Crippen molar-refractivity contribution in [2.75, 3.05) is 13.6 Å². The molecule has 4 heteroatoms. The number of hydrogen-bond acceptors (Lipinski definition) is 3. The first-order valence-electron chi connectivity index (χ1n) is 6.03. The van der Waals surface area contributed by atoms with Crippen LogP contribution in [0.5, 0.6) is 0 Å². The van der Waals surface area contributed by atoms with E-state index in [4.69, 9.17) is 5.73 Å². The lowest BCUT2D eigenvalue weighted by Gasteiger charge is -2.27. The molecular weight excluding hydrogens is 244 g/mol. The Bertz CT molecular complexity index is 468. The maximum atomic E-state index is 12.2. The van der Waals surface area contributed by atoms with Gasteiger partial charge in [0.2, 0.25) is 0 Å². The summed E-state index contributed by atoms with van der Waals surface area (Å²) in [5.74, 6) is 6.23. The molecule has 1 aromatic rings. The maximum Gasteiger partial charge on any atom is 0.263 e. The third-order valence-corrected chi connectivity index (χ3v) is 4.02. The first-order valence-corrected chi connectivity index (χ1v) is 6.85. The molecule has 0 aliphatic heterocycles. The molecule has 1 heterocycles. The van der Waals surface area contributed by atoms with Gasteiger partial charge in [-0.05, 0) is 25.0 Å². The summed E-state index contributed by atoms with van der Waals surface area (Å²) in [4.78, 5) is 15.6. The minimum atomic E-state index is 0.0574. The van der Waals surface area contributed by atoms with Crippen LogP contribution < -0.4 is 5.73 Å². The van der Waals surface area contributed by atoms with Crippen molar-refractivity contribution >= 4 is 17.2 Å². The first kappa shape index (κ1) is 14.7. The average Bonchev–Trinajstić information content (AvgIpc) is 2.82. The molecule has 0 aromatic carbocycles. The highest BCUT2D eigenvalue weighted by molar-refractivity contribution is 7.14. The zero-order valence-electron chi connectivity index (χ0n) is 11.4. The van der Waals surface area contributed by atoms with E-state index in [1.54, 1.807) is 4.90 Å². The van der Waals surface area contributed by atoms with E-state index in [0.717, 1.165) is 9.75 Å². The third kappa shape index (κ3) is 3.59. The minimum absolute atomic E-state index is 0.0574. The molecule has 0 aliphatic rings. The van der Waals surface area contributed by atoms with Crippen molar-refractivity contribution in [1.82, 2.24) is 4.90 Å². The van der Waals surface area contributed by atoms with E-state index in [9.17, 15) is 4.79 Å². The predicted molar refractivity (Wildman–Crippen MR) is 76.6 cm³/mol. The number of thiophene rings is 1. The molecule has 0 radical (unpaired) electrons. The number of rotatable bonds is 3. The van der Waals surface area contributed by atoms with E-state index < -0.39 is 0 Å². The maximum absolute atomic E-state index is 12.2. The van der Waals surface area contributed by atoms with Gasteiger partial charge in [0, 0.05) is 13.1 Å². The van der Waals surface area contributed by atoms with Crippen LogP contribution in [0.15, 0.2) is 12.1 Å². The molecule has 2 N–H and O–H groups in total. The average molecular weight is 264 g/mol. The molecule has 1 atom stereocenters. The van der Waals surface area contributed by atoms with E-state index in [2.05, 4.69) is 32.6 Å². The predicted octanol–water partition coefficient (Wildman–Crippen LogP) is 2.17. The van der Waals surface area contributed by atoms with Crippen LogP contribution in [-0.2, 0) is 0 Å². The van der Waals surface area contributed by atoms with Gasteiger partial charge in [-0.1, -0.05) is 25.7 Å². The molecule has 1 amide bonds. The topological polar surface area (TPSA) is 46.3 Å². The third-order valence-electron chi connectivity index (χ3n) is 3.03. The molecule has 0 aliphatic carbocycles. The molecule has 0 saturated heterocycles. The SMILES string of the molecule is CC(C)C(C)N(C)C(=O)c1ccc(C#CCN)s1. The van der Waals surface area contributed by atoms with Gasteiger partial charge in [0.05, 0.1) is 16.3 Å². The number of nitrogens with zero attached hydrogens (tertiary/aromatic N) is 1. The Labute approximate surface area is 113 Å². The first-order chi connectivity index (χ1) is 8.47. The number of carbonyl (C=O) groups excluding carboxylic acids is 1. The summed E-state index contributed by atoms with van der Waals surface area (Å²) in [6.45, 7) is 6.62. The lowest BCUT2D eigenvalue weighted by Crippen LogP contribution is -2.37. The van der Waals surface area contributed by atoms with Gasteiger partial charge in [0.1, 0.15) is 0 Å². The van der Waals surface area contributed by atoms with Gasteiger partial charge in [-0.3, -0.25) is 4.79 Å². The van der Waals surface area contributed by atoms with Crippen LogP contribution in [0.4, 0.5) is 0 Å². The lowest BCUT2D eigenvalue weighted by atomic mass is 10.1. The normalized spacial score (nSPS) is 11.9. The van der Waals surface area contributed by atoms with Crippen LogP contribution in [0.3, 0.4) is 0 Å². The van der Waals surface area contributed by atoms with Crippen molar-refractivity contribution in [3.63, 3.8) is 0 Å². The zero-order valence-corrected chi connectivity index (χ0v) is 12.2. The Morgan fingerprint density at radius 1 is 1.44 bits per heavy atom. The molecule has 98 valence electrons. The monoisotopic (exact) mass is 264 g/mol. The van der Waals surface area contributed by atoms with Crippen molar-refractivity contribution in [2.45, 2.75) is 26.8 Å². The van der Waals surface area contributed by atoms with Gasteiger partial charge in [-0.25, -0.2) is 0 Å². The highest BCUT2D eigenvalue weighted by atomic mass is 32.1.